The Hall–Kier alpha value is -2.04. The SMILES string of the molecule is COc1cc(C)ccc1OC(=O)NCC=O. The number of aryl methyl sites for hydroxylation is 1. The third-order valence-electron chi connectivity index (χ3n) is 1.85. The van der Waals surface area contributed by atoms with E-state index in [-0.39, 0.29) is 6.54 Å². The molecule has 0 saturated heterocycles. The van der Waals surface area contributed by atoms with Crippen molar-refractivity contribution in [1.29, 1.82) is 0 Å². The summed E-state index contributed by atoms with van der Waals surface area (Å²) in [5.41, 5.74) is 0.998. The van der Waals surface area contributed by atoms with E-state index in [2.05, 4.69) is 5.32 Å². The molecule has 0 bridgehead atoms. The third kappa shape index (κ3) is 3.27. The summed E-state index contributed by atoms with van der Waals surface area (Å²) in [6.07, 6.45) is -0.109. The first-order chi connectivity index (χ1) is 7.67. The fraction of sp³-hybridized carbons (Fsp3) is 0.273. The van der Waals surface area contributed by atoms with Crippen LogP contribution in [0.2, 0.25) is 0 Å². The van der Waals surface area contributed by atoms with Gasteiger partial charge >= 0.3 is 6.09 Å². The second-order valence-electron chi connectivity index (χ2n) is 3.09. The van der Waals surface area contributed by atoms with Gasteiger partial charge < -0.3 is 19.6 Å². The van der Waals surface area contributed by atoms with Gasteiger partial charge in [0.2, 0.25) is 0 Å². The number of hydrogen-bond acceptors (Lipinski definition) is 4. The molecule has 0 aliphatic heterocycles. The average Bonchev–Trinajstić information content (AvgIpc) is 2.28. The minimum Gasteiger partial charge on any atom is -0.493 e. The number of benzene rings is 1. The summed E-state index contributed by atoms with van der Waals surface area (Å²) in [5, 5.41) is 2.26. The fourth-order valence-electron chi connectivity index (χ4n) is 1.12. The molecule has 0 aromatic heterocycles. The summed E-state index contributed by atoms with van der Waals surface area (Å²) in [4.78, 5) is 21.2. The number of nitrogens with one attached hydrogen (secondary N) is 1. The average molecular weight is 223 g/mol. The van der Waals surface area contributed by atoms with Gasteiger partial charge in [-0.25, -0.2) is 4.79 Å². The van der Waals surface area contributed by atoms with Crippen LogP contribution >= 0.6 is 0 Å². The van der Waals surface area contributed by atoms with Gasteiger partial charge in [0.1, 0.15) is 6.29 Å². The highest BCUT2D eigenvalue weighted by Crippen LogP contribution is 2.27. The highest BCUT2D eigenvalue weighted by molar-refractivity contribution is 5.74. The van der Waals surface area contributed by atoms with Gasteiger partial charge in [-0.2, -0.15) is 0 Å². The Morgan fingerprint density at radius 2 is 2.19 bits per heavy atom. The van der Waals surface area contributed by atoms with Crippen molar-refractivity contribution in [2.75, 3.05) is 13.7 Å². The van der Waals surface area contributed by atoms with E-state index in [0.29, 0.717) is 17.8 Å². The second kappa shape index (κ2) is 5.75. The molecule has 0 unspecified atom stereocenters. The summed E-state index contributed by atoms with van der Waals surface area (Å²) in [6.45, 7) is 1.83. The van der Waals surface area contributed by atoms with Crippen molar-refractivity contribution in [2.24, 2.45) is 0 Å². The lowest BCUT2D eigenvalue weighted by Crippen LogP contribution is -2.28. The zero-order valence-electron chi connectivity index (χ0n) is 9.15. The predicted molar refractivity (Wildman–Crippen MR) is 57.8 cm³/mol. The van der Waals surface area contributed by atoms with Gasteiger partial charge in [0.05, 0.1) is 13.7 Å². The molecule has 0 fully saturated rings. The van der Waals surface area contributed by atoms with Crippen LogP contribution in [0.25, 0.3) is 0 Å². The highest BCUT2D eigenvalue weighted by Gasteiger charge is 2.08. The zero-order chi connectivity index (χ0) is 12.0. The summed E-state index contributed by atoms with van der Waals surface area (Å²) in [7, 11) is 1.49. The monoisotopic (exact) mass is 223 g/mol. The number of hydrogen-bond donors (Lipinski definition) is 1. The summed E-state index contributed by atoms with van der Waals surface area (Å²) in [5.74, 6) is 0.790. The Morgan fingerprint density at radius 1 is 1.44 bits per heavy atom. The van der Waals surface area contributed by atoms with Crippen molar-refractivity contribution in [3.05, 3.63) is 23.8 Å². The number of aldehydes is 1. The van der Waals surface area contributed by atoms with E-state index in [0.717, 1.165) is 5.56 Å². The molecule has 5 heteroatoms. The van der Waals surface area contributed by atoms with Crippen LogP contribution in [-0.4, -0.2) is 26.0 Å². The van der Waals surface area contributed by atoms with Crippen LogP contribution in [0.5, 0.6) is 11.5 Å². The van der Waals surface area contributed by atoms with Gasteiger partial charge in [-0.05, 0) is 24.6 Å². The maximum atomic E-state index is 11.2. The molecule has 0 spiro atoms. The molecule has 86 valence electrons. The predicted octanol–water partition coefficient (Wildman–Crippen LogP) is 1.29. The number of amides is 1. The van der Waals surface area contributed by atoms with Crippen LogP contribution in [-0.2, 0) is 4.79 Å². The maximum Gasteiger partial charge on any atom is 0.413 e. The highest BCUT2D eigenvalue weighted by atomic mass is 16.6. The minimum absolute atomic E-state index is 0.0764. The molecule has 0 aliphatic rings. The molecule has 1 N–H and O–H groups in total. The van der Waals surface area contributed by atoms with Crippen molar-refractivity contribution in [3.8, 4) is 11.5 Å². The van der Waals surface area contributed by atoms with Crippen molar-refractivity contribution < 1.29 is 19.1 Å². The largest absolute Gasteiger partial charge is 0.493 e. The van der Waals surface area contributed by atoms with E-state index < -0.39 is 6.09 Å². The van der Waals surface area contributed by atoms with E-state index in [9.17, 15) is 9.59 Å². The molecule has 1 aromatic carbocycles. The molecule has 0 heterocycles. The van der Waals surface area contributed by atoms with Crippen LogP contribution in [0.1, 0.15) is 5.56 Å². The molecule has 16 heavy (non-hydrogen) atoms. The van der Waals surface area contributed by atoms with Gasteiger partial charge in [-0.3, -0.25) is 0 Å². The number of carbonyl (C=O) groups is 2. The molecule has 0 saturated carbocycles. The first-order valence-corrected chi connectivity index (χ1v) is 4.71. The standard InChI is InChI=1S/C11H13NO4/c1-8-3-4-9(10(7-8)15-2)16-11(14)12-5-6-13/h3-4,6-7H,5H2,1-2H3,(H,12,14). The van der Waals surface area contributed by atoms with Crippen LogP contribution in [0.15, 0.2) is 18.2 Å². The molecule has 0 aliphatic carbocycles. The van der Waals surface area contributed by atoms with Crippen LogP contribution in [0.3, 0.4) is 0 Å². The number of methoxy groups -OCH3 is 1. The normalized spacial score (nSPS) is 9.38. The number of carbonyl (C=O) groups excluding carboxylic acids is 2. The summed E-state index contributed by atoms with van der Waals surface area (Å²) >= 11 is 0. The molecule has 5 nitrogen and oxygen atoms in total. The first-order valence-electron chi connectivity index (χ1n) is 4.71. The fourth-order valence-corrected chi connectivity index (χ4v) is 1.12. The van der Waals surface area contributed by atoms with Gasteiger partial charge in [0.25, 0.3) is 0 Å². The first kappa shape index (κ1) is 12.0. The van der Waals surface area contributed by atoms with Crippen LogP contribution in [0, 0.1) is 6.92 Å². The van der Waals surface area contributed by atoms with E-state index in [1.165, 1.54) is 7.11 Å². The molecular weight excluding hydrogens is 210 g/mol. The lowest BCUT2D eigenvalue weighted by Gasteiger charge is -2.09. The Balaban J connectivity index is 2.72. The Labute approximate surface area is 93.4 Å². The Morgan fingerprint density at radius 3 is 2.81 bits per heavy atom. The maximum absolute atomic E-state index is 11.2. The smallest absolute Gasteiger partial charge is 0.413 e. The van der Waals surface area contributed by atoms with E-state index in [1.807, 2.05) is 6.92 Å². The zero-order valence-corrected chi connectivity index (χ0v) is 9.15. The minimum atomic E-state index is -0.686. The summed E-state index contributed by atoms with van der Waals surface area (Å²) < 4.78 is 10.0. The topological polar surface area (TPSA) is 64.6 Å². The molecule has 1 rings (SSSR count). The van der Waals surface area contributed by atoms with Gasteiger partial charge in [-0.1, -0.05) is 6.07 Å². The molecule has 0 radical (unpaired) electrons. The second-order valence-corrected chi connectivity index (χ2v) is 3.09. The summed E-state index contributed by atoms with van der Waals surface area (Å²) in [6, 6.07) is 5.18. The third-order valence-corrected chi connectivity index (χ3v) is 1.85. The van der Waals surface area contributed by atoms with Gasteiger partial charge in [-0.15, -0.1) is 0 Å². The van der Waals surface area contributed by atoms with Gasteiger partial charge in [0.15, 0.2) is 11.5 Å². The lowest BCUT2D eigenvalue weighted by molar-refractivity contribution is -0.107. The van der Waals surface area contributed by atoms with Crippen molar-refractivity contribution >= 4 is 12.4 Å². The Bertz CT molecular complexity index is 390. The number of rotatable bonds is 4. The van der Waals surface area contributed by atoms with Crippen LogP contribution in [0.4, 0.5) is 4.79 Å². The van der Waals surface area contributed by atoms with E-state index >= 15 is 0 Å². The number of ether oxygens (including phenoxy) is 2. The van der Waals surface area contributed by atoms with Crippen molar-refractivity contribution in [1.82, 2.24) is 5.32 Å². The molecule has 1 amide bonds. The van der Waals surface area contributed by atoms with E-state index in [4.69, 9.17) is 9.47 Å². The molecular formula is C11H13NO4. The molecule has 0 atom stereocenters. The van der Waals surface area contributed by atoms with Crippen molar-refractivity contribution in [2.45, 2.75) is 6.92 Å². The Kier molecular flexibility index (Phi) is 4.32. The van der Waals surface area contributed by atoms with E-state index in [1.54, 1.807) is 18.2 Å². The van der Waals surface area contributed by atoms with Crippen LogP contribution < -0.4 is 14.8 Å². The quantitative estimate of drug-likeness (QED) is 0.781. The van der Waals surface area contributed by atoms with Crippen molar-refractivity contribution in [3.63, 3.8) is 0 Å². The molecule has 1 aromatic rings. The van der Waals surface area contributed by atoms with Gasteiger partial charge in [0, 0.05) is 0 Å². The lowest BCUT2D eigenvalue weighted by atomic mass is 10.2.